The Bertz CT molecular complexity index is 567. The third kappa shape index (κ3) is 4.05. The Morgan fingerprint density at radius 2 is 2.05 bits per heavy atom. The summed E-state index contributed by atoms with van der Waals surface area (Å²) < 4.78 is 22.1. The fourth-order valence-corrected chi connectivity index (χ4v) is 2.46. The minimum atomic E-state index is -2.91. The van der Waals surface area contributed by atoms with Crippen molar-refractivity contribution >= 4 is 21.5 Å². The Hall–Kier alpha value is -1.37. The fraction of sp³-hybridized carbons (Fsp3) is 0.667. The number of hydrogen-bond donors (Lipinski definition) is 2. The van der Waals surface area contributed by atoms with Crippen molar-refractivity contribution in [3.8, 4) is 0 Å². The predicted octanol–water partition coefficient (Wildman–Crippen LogP) is 1.09. The van der Waals surface area contributed by atoms with E-state index in [1.807, 2.05) is 6.92 Å². The summed E-state index contributed by atoms with van der Waals surface area (Å²) in [5.74, 6) is 2.65. The van der Waals surface area contributed by atoms with Gasteiger partial charge in [-0.15, -0.1) is 0 Å². The minimum Gasteiger partial charge on any atom is -0.383 e. The summed E-state index contributed by atoms with van der Waals surface area (Å²) in [6.45, 7) is 2.43. The first-order valence-corrected chi connectivity index (χ1v) is 8.48. The second-order valence-electron chi connectivity index (χ2n) is 5.13. The van der Waals surface area contributed by atoms with Crippen molar-refractivity contribution in [1.82, 2.24) is 9.97 Å². The lowest BCUT2D eigenvalue weighted by Gasteiger charge is -2.11. The van der Waals surface area contributed by atoms with E-state index in [0.717, 1.165) is 30.0 Å². The van der Waals surface area contributed by atoms with Gasteiger partial charge in [-0.3, -0.25) is 0 Å². The van der Waals surface area contributed by atoms with Gasteiger partial charge in [0.2, 0.25) is 0 Å². The van der Waals surface area contributed by atoms with Crippen LogP contribution in [0.5, 0.6) is 0 Å². The molecule has 1 aromatic heterocycles. The molecule has 1 heterocycles. The van der Waals surface area contributed by atoms with Crippen LogP contribution < -0.4 is 11.1 Å². The molecule has 0 radical (unpaired) electrons. The summed E-state index contributed by atoms with van der Waals surface area (Å²) in [5.41, 5.74) is 6.70. The smallest absolute Gasteiger partial charge is 0.147 e. The molecule has 0 unspecified atom stereocenters. The zero-order valence-corrected chi connectivity index (χ0v) is 12.1. The molecular weight excluding hydrogens is 264 g/mol. The van der Waals surface area contributed by atoms with Crippen LogP contribution in [-0.2, 0) is 9.84 Å². The summed E-state index contributed by atoms with van der Waals surface area (Å²) in [6.07, 6.45) is 4.04. The van der Waals surface area contributed by atoms with E-state index in [4.69, 9.17) is 5.73 Å². The Labute approximate surface area is 113 Å². The van der Waals surface area contributed by atoms with E-state index in [1.54, 1.807) is 0 Å². The van der Waals surface area contributed by atoms with Gasteiger partial charge in [-0.05, 0) is 26.2 Å². The number of nitrogens with one attached hydrogen (secondary N) is 1. The minimum absolute atomic E-state index is 0.176. The second kappa shape index (κ2) is 5.32. The average Bonchev–Trinajstić information content (AvgIpc) is 3.12. The average molecular weight is 284 g/mol. The fourth-order valence-electron chi connectivity index (χ4n) is 1.79. The molecule has 6 nitrogen and oxygen atoms in total. The summed E-state index contributed by atoms with van der Waals surface area (Å²) >= 11 is 0. The van der Waals surface area contributed by atoms with Crippen LogP contribution in [0.15, 0.2) is 0 Å². The first-order valence-electron chi connectivity index (χ1n) is 6.42. The number of anilines is 2. The van der Waals surface area contributed by atoms with E-state index < -0.39 is 9.84 Å². The van der Waals surface area contributed by atoms with E-state index in [0.29, 0.717) is 24.7 Å². The molecule has 1 aromatic rings. The van der Waals surface area contributed by atoms with Gasteiger partial charge in [0, 0.05) is 24.3 Å². The molecule has 0 bridgehead atoms. The topological polar surface area (TPSA) is 98.0 Å². The maximum absolute atomic E-state index is 11.0. The first kappa shape index (κ1) is 14.0. The Morgan fingerprint density at radius 1 is 1.37 bits per heavy atom. The predicted molar refractivity (Wildman–Crippen MR) is 76.0 cm³/mol. The molecule has 3 N–H and O–H groups in total. The van der Waals surface area contributed by atoms with Crippen LogP contribution in [0.1, 0.15) is 36.6 Å². The number of nitrogens with zero attached hydrogens (tertiary/aromatic N) is 2. The number of sulfone groups is 1. The number of nitrogens with two attached hydrogens (primary N) is 1. The zero-order chi connectivity index (χ0) is 14.0. The van der Waals surface area contributed by atoms with Gasteiger partial charge in [0.15, 0.2) is 0 Å². The van der Waals surface area contributed by atoms with Gasteiger partial charge >= 0.3 is 0 Å². The summed E-state index contributed by atoms with van der Waals surface area (Å²) in [4.78, 5) is 8.77. The highest BCUT2D eigenvalue weighted by atomic mass is 32.2. The first-order chi connectivity index (χ1) is 8.87. The van der Waals surface area contributed by atoms with E-state index in [-0.39, 0.29) is 5.75 Å². The van der Waals surface area contributed by atoms with E-state index in [9.17, 15) is 8.42 Å². The SMILES string of the molecule is Cc1c(N)nc(C2CC2)nc1NCCCS(C)(=O)=O. The Kier molecular flexibility index (Phi) is 3.93. The van der Waals surface area contributed by atoms with E-state index in [1.165, 1.54) is 6.26 Å². The number of rotatable bonds is 6. The number of aromatic nitrogens is 2. The molecule has 1 aliphatic rings. The van der Waals surface area contributed by atoms with Crippen LogP contribution in [0.3, 0.4) is 0 Å². The maximum atomic E-state index is 11.0. The molecule has 19 heavy (non-hydrogen) atoms. The van der Waals surface area contributed by atoms with Crippen molar-refractivity contribution in [2.75, 3.05) is 29.6 Å². The van der Waals surface area contributed by atoms with Crippen molar-refractivity contribution in [3.05, 3.63) is 11.4 Å². The van der Waals surface area contributed by atoms with Crippen LogP contribution in [-0.4, -0.2) is 36.9 Å². The van der Waals surface area contributed by atoms with Crippen LogP contribution in [0.25, 0.3) is 0 Å². The van der Waals surface area contributed by atoms with Crippen molar-refractivity contribution in [2.45, 2.75) is 32.1 Å². The van der Waals surface area contributed by atoms with E-state index in [2.05, 4.69) is 15.3 Å². The maximum Gasteiger partial charge on any atom is 0.147 e. The van der Waals surface area contributed by atoms with E-state index >= 15 is 0 Å². The highest BCUT2D eigenvalue weighted by Crippen LogP contribution is 2.39. The highest BCUT2D eigenvalue weighted by molar-refractivity contribution is 7.90. The molecule has 0 amide bonds. The third-order valence-corrected chi connectivity index (χ3v) is 4.16. The lowest BCUT2D eigenvalue weighted by atomic mass is 10.3. The van der Waals surface area contributed by atoms with Gasteiger partial charge in [-0.1, -0.05) is 0 Å². The molecule has 106 valence electrons. The van der Waals surface area contributed by atoms with Crippen LogP contribution in [0.2, 0.25) is 0 Å². The molecule has 1 saturated carbocycles. The van der Waals surface area contributed by atoms with Crippen molar-refractivity contribution < 1.29 is 8.42 Å². The molecular formula is C12H20N4O2S. The molecule has 0 saturated heterocycles. The van der Waals surface area contributed by atoms with Crippen molar-refractivity contribution in [2.24, 2.45) is 0 Å². The van der Waals surface area contributed by atoms with Crippen LogP contribution in [0.4, 0.5) is 11.6 Å². The zero-order valence-electron chi connectivity index (χ0n) is 11.3. The van der Waals surface area contributed by atoms with Gasteiger partial charge in [0.1, 0.15) is 27.3 Å². The Balaban J connectivity index is 1.99. The monoisotopic (exact) mass is 284 g/mol. The highest BCUT2D eigenvalue weighted by Gasteiger charge is 2.27. The van der Waals surface area contributed by atoms with Crippen LogP contribution in [0, 0.1) is 6.92 Å². The van der Waals surface area contributed by atoms with Gasteiger partial charge in [0.05, 0.1) is 5.75 Å². The number of hydrogen-bond acceptors (Lipinski definition) is 6. The van der Waals surface area contributed by atoms with Crippen molar-refractivity contribution in [3.63, 3.8) is 0 Å². The van der Waals surface area contributed by atoms with Gasteiger partial charge in [-0.25, -0.2) is 18.4 Å². The molecule has 1 aliphatic carbocycles. The van der Waals surface area contributed by atoms with Crippen LogP contribution >= 0.6 is 0 Å². The lowest BCUT2D eigenvalue weighted by molar-refractivity contribution is 0.600. The largest absolute Gasteiger partial charge is 0.383 e. The Morgan fingerprint density at radius 3 is 2.63 bits per heavy atom. The third-order valence-electron chi connectivity index (χ3n) is 3.13. The second-order valence-corrected chi connectivity index (χ2v) is 7.38. The van der Waals surface area contributed by atoms with Crippen molar-refractivity contribution in [1.29, 1.82) is 0 Å². The summed E-state index contributed by atoms with van der Waals surface area (Å²) in [5, 5.41) is 3.15. The lowest BCUT2D eigenvalue weighted by Crippen LogP contribution is -2.13. The summed E-state index contributed by atoms with van der Waals surface area (Å²) in [6, 6.07) is 0. The quantitative estimate of drug-likeness (QED) is 0.759. The number of nitrogen functional groups attached to an aromatic ring is 1. The van der Waals surface area contributed by atoms with Gasteiger partial charge < -0.3 is 11.1 Å². The molecule has 0 spiro atoms. The molecule has 0 atom stereocenters. The molecule has 2 rings (SSSR count). The van der Waals surface area contributed by atoms with Gasteiger partial charge in [0.25, 0.3) is 0 Å². The van der Waals surface area contributed by atoms with Gasteiger partial charge in [-0.2, -0.15) is 0 Å². The normalized spacial score (nSPS) is 15.5. The summed E-state index contributed by atoms with van der Waals surface area (Å²) in [7, 11) is -2.91. The molecule has 7 heteroatoms. The standard InChI is InChI=1S/C12H20N4O2S/c1-8-10(13)15-12(9-4-5-9)16-11(8)14-6-3-7-19(2,17)18/h9H,3-7H2,1-2H3,(H3,13,14,15,16). The molecule has 1 fully saturated rings. The molecule has 0 aliphatic heterocycles. The molecule has 0 aromatic carbocycles.